The fraction of sp³-hybridized carbons (Fsp3) is 0.917. The molecule has 0 rings (SSSR count). The van der Waals surface area contributed by atoms with Crippen LogP contribution in [0.4, 0.5) is 0 Å². The molecule has 0 spiro atoms. The van der Waals surface area contributed by atoms with Gasteiger partial charge in [0.2, 0.25) is 5.91 Å². The van der Waals surface area contributed by atoms with Crippen LogP contribution in [0.1, 0.15) is 258 Å². The van der Waals surface area contributed by atoms with Crippen molar-refractivity contribution in [1.82, 2.24) is 5.32 Å². The molecule has 0 aliphatic heterocycles. The largest absolute Gasteiger partial charge is 0.462 e. The Kier molecular flexibility index (Phi) is 41.6. The third kappa shape index (κ3) is 37.5. The number of hydrogen-bond acceptors (Lipinski definition) is 5. The number of rotatable bonds is 43. The molecule has 3 atom stereocenters. The van der Waals surface area contributed by atoms with Crippen LogP contribution in [0.5, 0.6) is 0 Å². The summed E-state index contributed by atoms with van der Waals surface area (Å²) in [5.74, 6) is -0.469. The number of carbonyl (C=O) groups is 2. The monoisotopic (exact) mass is 764 g/mol. The smallest absolute Gasteiger partial charge is 0.306 e. The van der Waals surface area contributed by atoms with Crippen LogP contribution in [-0.2, 0) is 14.3 Å². The first kappa shape index (κ1) is 52.6. The standard InChI is InChI=1S/C48H93NO5/c1-4-7-10-13-16-19-20-21-22-23-24-25-26-29-30-33-36-39-44(54-48(53)41-38-35-32-28-18-15-12-9-6-3)42-47(52)49-45(43-50)46(51)40-37-34-31-27-17-14-11-8-5-2/h21-22,44-46,50-51H,4-20,23-43H2,1-3H3,(H,49,52)/b22-21+. The summed E-state index contributed by atoms with van der Waals surface area (Å²) in [7, 11) is 0. The molecule has 0 aromatic carbocycles. The van der Waals surface area contributed by atoms with Crippen molar-refractivity contribution >= 4 is 11.9 Å². The van der Waals surface area contributed by atoms with Crippen molar-refractivity contribution < 1.29 is 24.5 Å². The first-order valence-corrected chi connectivity index (χ1v) is 23.9. The van der Waals surface area contributed by atoms with Gasteiger partial charge in [-0.05, 0) is 51.4 Å². The molecule has 6 nitrogen and oxygen atoms in total. The topological polar surface area (TPSA) is 95.9 Å². The number of nitrogens with one attached hydrogen (secondary N) is 1. The highest BCUT2D eigenvalue weighted by atomic mass is 16.5. The Morgan fingerprint density at radius 1 is 0.519 bits per heavy atom. The Balaban J connectivity index is 4.53. The molecule has 3 unspecified atom stereocenters. The molecule has 320 valence electrons. The zero-order valence-electron chi connectivity index (χ0n) is 36.4. The summed E-state index contributed by atoms with van der Waals surface area (Å²) >= 11 is 0. The number of allylic oxidation sites excluding steroid dienone is 2. The van der Waals surface area contributed by atoms with Gasteiger partial charge in [0, 0.05) is 6.42 Å². The zero-order valence-corrected chi connectivity index (χ0v) is 36.4. The van der Waals surface area contributed by atoms with Gasteiger partial charge in [-0.15, -0.1) is 0 Å². The van der Waals surface area contributed by atoms with Crippen molar-refractivity contribution in [2.75, 3.05) is 6.61 Å². The second-order valence-corrected chi connectivity index (χ2v) is 16.5. The molecule has 0 aromatic rings. The number of aliphatic hydroxyl groups is 2. The highest BCUT2D eigenvalue weighted by Crippen LogP contribution is 2.18. The third-order valence-corrected chi connectivity index (χ3v) is 11.1. The average molecular weight is 764 g/mol. The van der Waals surface area contributed by atoms with Crippen molar-refractivity contribution in [1.29, 1.82) is 0 Å². The van der Waals surface area contributed by atoms with Crippen LogP contribution in [0.3, 0.4) is 0 Å². The van der Waals surface area contributed by atoms with E-state index in [1.165, 1.54) is 154 Å². The quantitative estimate of drug-likeness (QED) is 0.0326. The molecule has 0 heterocycles. The van der Waals surface area contributed by atoms with Crippen LogP contribution >= 0.6 is 0 Å². The Morgan fingerprint density at radius 2 is 0.889 bits per heavy atom. The van der Waals surface area contributed by atoms with E-state index in [-0.39, 0.29) is 24.9 Å². The molecule has 0 saturated heterocycles. The van der Waals surface area contributed by atoms with Gasteiger partial charge >= 0.3 is 5.97 Å². The van der Waals surface area contributed by atoms with Crippen molar-refractivity contribution in [3.63, 3.8) is 0 Å². The Bertz CT molecular complexity index is 817. The SMILES string of the molecule is CCCCCCCC/C=C/CCCCCCCCCC(CC(=O)NC(CO)C(O)CCCCCCCCCCC)OC(=O)CCCCCCCCCCC. The maximum atomic E-state index is 13.1. The fourth-order valence-corrected chi connectivity index (χ4v) is 7.43. The molecule has 0 radical (unpaired) electrons. The van der Waals surface area contributed by atoms with Gasteiger partial charge < -0.3 is 20.3 Å². The molecule has 0 aliphatic rings. The summed E-state index contributed by atoms with van der Waals surface area (Å²) in [6.07, 6.45) is 45.6. The molecule has 0 bridgehead atoms. The van der Waals surface area contributed by atoms with Gasteiger partial charge in [0.1, 0.15) is 6.10 Å². The zero-order chi connectivity index (χ0) is 39.6. The molecule has 0 saturated carbocycles. The minimum atomic E-state index is -0.780. The predicted molar refractivity (Wildman–Crippen MR) is 232 cm³/mol. The second kappa shape index (κ2) is 42.7. The van der Waals surface area contributed by atoms with Gasteiger partial charge in [0.05, 0.1) is 25.2 Å². The number of aliphatic hydroxyl groups excluding tert-OH is 2. The molecule has 6 heteroatoms. The normalized spacial score (nSPS) is 13.4. The van der Waals surface area contributed by atoms with Crippen molar-refractivity contribution in [2.45, 2.75) is 277 Å². The second-order valence-electron chi connectivity index (χ2n) is 16.5. The highest BCUT2D eigenvalue weighted by Gasteiger charge is 2.24. The van der Waals surface area contributed by atoms with Gasteiger partial charge in [0.25, 0.3) is 0 Å². The van der Waals surface area contributed by atoms with E-state index >= 15 is 0 Å². The van der Waals surface area contributed by atoms with Gasteiger partial charge in [-0.25, -0.2) is 0 Å². The number of esters is 1. The van der Waals surface area contributed by atoms with Crippen LogP contribution < -0.4 is 5.32 Å². The van der Waals surface area contributed by atoms with E-state index < -0.39 is 18.2 Å². The third-order valence-electron chi connectivity index (χ3n) is 11.1. The number of hydrogen-bond donors (Lipinski definition) is 3. The average Bonchev–Trinajstić information content (AvgIpc) is 3.16. The van der Waals surface area contributed by atoms with Crippen LogP contribution in [-0.4, -0.2) is 46.9 Å². The lowest BCUT2D eigenvalue weighted by Gasteiger charge is -2.24. The lowest BCUT2D eigenvalue weighted by Crippen LogP contribution is -2.46. The summed E-state index contributed by atoms with van der Waals surface area (Å²) < 4.78 is 5.90. The van der Waals surface area contributed by atoms with Crippen molar-refractivity contribution in [3.05, 3.63) is 12.2 Å². The summed E-state index contributed by atoms with van der Waals surface area (Å²) in [5.41, 5.74) is 0. The van der Waals surface area contributed by atoms with E-state index in [1.54, 1.807) is 0 Å². The van der Waals surface area contributed by atoms with Crippen molar-refractivity contribution in [3.8, 4) is 0 Å². The van der Waals surface area contributed by atoms with E-state index in [4.69, 9.17) is 4.74 Å². The van der Waals surface area contributed by atoms with E-state index in [9.17, 15) is 19.8 Å². The van der Waals surface area contributed by atoms with E-state index in [0.29, 0.717) is 19.3 Å². The Labute approximate surface area is 336 Å². The first-order chi connectivity index (χ1) is 26.5. The van der Waals surface area contributed by atoms with Crippen LogP contribution in [0.25, 0.3) is 0 Å². The van der Waals surface area contributed by atoms with Gasteiger partial charge in [-0.3, -0.25) is 9.59 Å². The lowest BCUT2D eigenvalue weighted by molar-refractivity contribution is -0.151. The fourth-order valence-electron chi connectivity index (χ4n) is 7.43. The molecule has 1 amide bonds. The lowest BCUT2D eigenvalue weighted by atomic mass is 10.0. The molecule has 3 N–H and O–H groups in total. The number of ether oxygens (including phenoxy) is 1. The summed E-state index contributed by atoms with van der Waals surface area (Å²) in [6, 6.07) is -0.694. The van der Waals surface area contributed by atoms with Crippen molar-refractivity contribution in [2.24, 2.45) is 0 Å². The van der Waals surface area contributed by atoms with Gasteiger partial charge in [0.15, 0.2) is 0 Å². The first-order valence-electron chi connectivity index (χ1n) is 23.9. The van der Waals surface area contributed by atoms with E-state index in [2.05, 4.69) is 38.2 Å². The minimum absolute atomic E-state index is 0.0805. The molecule has 0 aromatic heterocycles. The maximum Gasteiger partial charge on any atom is 0.306 e. The van der Waals surface area contributed by atoms with Crippen LogP contribution in [0.2, 0.25) is 0 Å². The molecular weight excluding hydrogens is 671 g/mol. The van der Waals surface area contributed by atoms with E-state index in [0.717, 1.165) is 57.8 Å². The Hall–Kier alpha value is -1.40. The number of carbonyl (C=O) groups excluding carboxylic acids is 2. The van der Waals surface area contributed by atoms with Gasteiger partial charge in [-0.2, -0.15) is 0 Å². The summed E-state index contributed by atoms with van der Waals surface area (Å²) in [4.78, 5) is 25.9. The molecular formula is C48H93NO5. The Morgan fingerprint density at radius 3 is 1.31 bits per heavy atom. The summed E-state index contributed by atoms with van der Waals surface area (Å²) in [5, 5.41) is 23.6. The summed E-state index contributed by atoms with van der Waals surface area (Å²) in [6.45, 7) is 6.45. The number of unbranched alkanes of at least 4 members (excludes halogenated alkanes) is 29. The molecule has 0 aliphatic carbocycles. The van der Waals surface area contributed by atoms with Crippen LogP contribution in [0.15, 0.2) is 12.2 Å². The molecule has 54 heavy (non-hydrogen) atoms. The molecule has 0 fully saturated rings. The predicted octanol–water partition coefficient (Wildman–Crippen LogP) is 13.8. The minimum Gasteiger partial charge on any atom is -0.462 e. The highest BCUT2D eigenvalue weighted by molar-refractivity contribution is 5.77. The van der Waals surface area contributed by atoms with Gasteiger partial charge in [-0.1, -0.05) is 206 Å². The van der Waals surface area contributed by atoms with E-state index in [1.807, 2.05) is 0 Å². The maximum absolute atomic E-state index is 13.1. The number of amides is 1. The van der Waals surface area contributed by atoms with Crippen LogP contribution in [0, 0.1) is 0 Å².